The summed E-state index contributed by atoms with van der Waals surface area (Å²) in [5.74, 6) is -0.149. The summed E-state index contributed by atoms with van der Waals surface area (Å²) in [4.78, 5) is 13.8. The smallest absolute Gasteiger partial charge is 0.260 e. The van der Waals surface area contributed by atoms with E-state index in [4.69, 9.17) is 16.3 Å². The molecule has 20 heavy (non-hydrogen) atoms. The molecule has 0 spiro atoms. The topological polar surface area (TPSA) is 29.5 Å². The summed E-state index contributed by atoms with van der Waals surface area (Å²) in [6.45, 7) is -0.0467. The lowest BCUT2D eigenvalue weighted by molar-refractivity contribution is -0.134. The molecular formula is C15H19ClFNO2. The molecule has 0 N–H and O–H groups in total. The van der Waals surface area contributed by atoms with Crippen LogP contribution in [0.15, 0.2) is 18.2 Å². The van der Waals surface area contributed by atoms with E-state index < -0.39 is 5.82 Å². The van der Waals surface area contributed by atoms with Crippen LogP contribution in [-0.4, -0.2) is 30.5 Å². The van der Waals surface area contributed by atoms with Crippen molar-refractivity contribution in [2.24, 2.45) is 0 Å². The molecule has 1 aliphatic carbocycles. The standard InChI is InChI=1S/C15H19ClFNO2/c1-18(11-5-3-2-4-6-11)15(19)10-20-12-7-8-14(17)13(16)9-12/h7-9,11H,2-6,10H2,1H3. The number of benzene rings is 1. The van der Waals surface area contributed by atoms with E-state index in [9.17, 15) is 9.18 Å². The molecule has 1 fully saturated rings. The number of rotatable bonds is 4. The fraction of sp³-hybridized carbons (Fsp3) is 0.533. The van der Waals surface area contributed by atoms with Crippen molar-refractivity contribution in [3.8, 4) is 5.75 Å². The summed E-state index contributed by atoms with van der Waals surface area (Å²) in [6, 6.07) is 4.39. The van der Waals surface area contributed by atoms with Gasteiger partial charge in [-0.05, 0) is 25.0 Å². The van der Waals surface area contributed by atoms with Crippen molar-refractivity contribution < 1.29 is 13.9 Å². The Bertz CT molecular complexity index is 475. The Kier molecular flexibility index (Phi) is 5.24. The molecule has 1 aliphatic rings. The maximum atomic E-state index is 13.0. The molecule has 0 radical (unpaired) electrons. The summed E-state index contributed by atoms with van der Waals surface area (Å²) < 4.78 is 18.4. The van der Waals surface area contributed by atoms with Crippen molar-refractivity contribution in [1.29, 1.82) is 0 Å². The van der Waals surface area contributed by atoms with E-state index in [-0.39, 0.29) is 17.5 Å². The lowest BCUT2D eigenvalue weighted by Gasteiger charge is -2.31. The third kappa shape index (κ3) is 3.85. The first-order valence-corrected chi connectivity index (χ1v) is 7.29. The molecular weight excluding hydrogens is 281 g/mol. The summed E-state index contributed by atoms with van der Waals surface area (Å²) in [5.41, 5.74) is 0. The predicted molar refractivity (Wildman–Crippen MR) is 76.5 cm³/mol. The second-order valence-electron chi connectivity index (χ2n) is 5.16. The Hall–Kier alpha value is -1.29. The number of carbonyl (C=O) groups is 1. The Morgan fingerprint density at radius 1 is 1.40 bits per heavy atom. The molecule has 0 saturated heterocycles. The van der Waals surface area contributed by atoms with Crippen LogP contribution in [0.3, 0.4) is 0 Å². The SMILES string of the molecule is CN(C(=O)COc1ccc(F)c(Cl)c1)C1CCCCC1. The Morgan fingerprint density at radius 3 is 2.75 bits per heavy atom. The zero-order chi connectivity index (χ0) is 14.5. The number of hydrogen-bond acceptors (Lipinski definition) is 2. The number of ether oxygens (including phenoxy) is 1. The van der Waals surface area contributed by atoms with Crippen LogP contribution < -0.4 is 4.74 Å². The van der Waals surface area contributed by atoms with Crippen molar-refractivity contribution in [2.75, 3.05) is 13.7 Å². The van der Waals surface area contributed by atoms with Gasteiger partial charge in [0.2, 0.25) is 0 Å². The number of halogens is 2. The summed E-state index contributed by atoms with van der Waals surface area (Å²) in [7, 11) is 1.82. The predicted octanol–water partition coefficient (Wildman–Crippen LogP) is 3.65. The number of amides is 1. The molecule has 0 unspecified atom stereocenters. The summed E-state index contributed by atoms with van der Waals surface area (Å²) in [5, 5.41) is -0.00409. The van der Waals surface area contributed by atoms with Gasteiger partial charge in [0.15, 0.2) is 6.61 Å². The molecule has 110 valence electrons. The molecule has 0 aliphatic heterocycles. The average molecular weight is 300 g/mol. The molecule has 1 saturated carbocycles. The highest BCUT2D eigenvalue weighted by Gasteiger charge is 2.22. The zero-order valence-electron chi connectivity index (χ0n) is 11.6. The second-order valence-corrected chi connectivity index (χ2v) is 5.57. The van der Waals surface area contributed by atoms with Crippen LogP contribution in [0.2, 0.25) is 5.02 Å². The van der Waals surface area contributed by atoms with E-state index in [1.54, 1.807) is 4.90 Å². The Labute approximate surface area is 123 Å². The second kappa shape index (κ2) is 6.93. The molecule has 3 nitrogen and oxygen atoms in total. The molecule has 1 aromatic rings. The van der Waals surface area contributed by atoms with E-state index in [2.05, 4.69) is 0 Å². The molecule has 2 rings (SSSR count). The zero-order valence-corrected chi connectivity index (χ0v) is 12.3. The highest BCUT2D eigenvalue weighted by atomic mass is 35.5. The van der Waals surface area contributed by atoms with Crippen molar-refractivity contribution in [3.63, 3.8) is 0 Å². The van der Waals surface area contributed by atoms with Gasteiger partial charge in [0, 0.05) is 19.2 Å². The minimum Gasteiger partial charge on any atom is -0.484 e. The van der Waals surface area contributed by atoms with Crippen LogP contribution in [0.25, 0.3) is 0 Å². The van der Waals surface area contributed by atoms with Crippen LogP contribution in [-0.2, 0) is 4.79 Å². The van der Waals surface area contributed by atoms with E-state index in [0.29, 0.717) is 11.8 Å². The van der Waals surface area contributed by atoms with Crippen LogP contribution in [0.5, 0.6) is 5.75 Å². The quantitative estimate of drug-likeness (QED) is 0.849. The van der Waals surface area contributed by atoms with Gasteiger partial charge >= 0.3 is 0 Å². The minimum atomic E-state index is -0.496. The third-order valence-electron chi connectivity index (χ3n) is 3.77. The monoisotopic (exact) mass is 299 g/mol. The molecule has 5 heteroatoms. The van der Waals surface area contributed by atoms with E-state index >= 15 is 0 Å². The minimum absolute atomic E-state index is 0.00409. The lowest BCUT2D eigenvalue weighted by atomic mass is 9.94. The number of nitrogens with zero attached hydrogens (tertiary/aromatic N) is 1. The van der Waals surface area contributed by atoms with Crippen molar-refractivity contribution in [2.45, 2.75) is 38.1 Å². The average Bonchev–Trinajstić information content (AvgIpc) is 2.48. The fourth-order valence-electron chi connectivity index (χ4n) is 2.49. The van der Waals surface area contributed by atoms with E-state index in [0.717, 1.165) is 12.8 Å². The third-order valence-corrected chi connectivity index (χ3v) is 4.06. The Morgan fingerprint density at radius 2 is 2.10 bits per heavy atom. The number of hydrogen-bond donors (Lipinski definition) is 0. The maximum Gasteiger partial charge on any atom is 0.260 e. The normalized spacial score (nSPS) is 15.9. The van der Waals surface area contributed by atoms with Gasteiger partial charge in [0.25, 0.3) is 5.91 Å². The van der Waals surface area contributed by atoms with Gasteiger partial charge in [-0.25, -0.2) is 4.39 Å². The molecule has 0 atom stereocenters. The van der Waals surface area contributed by atoms with Crippen LogP contribution >= 0.6 is 11.6 Å². The van der Waals surface area contributed by atoms with Crippen LogP contribution in [0.4, 0.5) is 4.39 Å². The molecule has 0 heterocycles. The first-order chi connectivity index (χ1) is 9.58. The number of likely N-dealkylation sites (N-methyl/N-ethyl adjacent to an activating group) is 1. The summed E-state index contributed by atoms with van der Waals surface area (Å²) in [6.07, 6.45) is 5.73. The van der Waals surface area contributed by atoms with Gasteiger partial charge < -0.3 is 9.64 Å². The molecule has 1 amide bonds. The molecule has 0 aromatic heterocycles. The molecule has 0 bridgehead atoms. The van der Waals surface area contributed by atoms with Gasteiger partial charge in [0.05, 0.1) is 5.02 Å². The first kappa shape index (κ1) is 15.1. The van der Waals surface area contributed by atoms with Crippen LogP contribution in [0, 0.1) is 5.82 Å². The highest BCUT2D eigenvalue weighted by Crippen LogP contribution is 2.23. The van der Waals surface area contributed by atoms with E-state index in [1.807, 2.05) is 7.05 Å². The Balaban J connectivity index is 1.86. The van der Waals surface area contributed by atoms with Gasteiger partial charge in [-0.15, -0.1) is 0 Å². The van der Waals surface area contributed by atoms with E-state index in [1.165, 1.54) is 37.5 Å². The molecule has 1 aromatic carbocycles. The van der Waals surface area contributed by atoms with Crippen molar-refractivity contribution >= 4 is 17.5 Å². The van der Waals surface area contributed by atoms with Gasteiger partial charge in [-0.3, -0.25) is 4.79 Å². The lowest BCUT2D eigenvalue weighted by Crippen LogP contribution is -2.40. The number of carbonyl (C=O) groups excluding carboxylic acids is 1. The largest absolute Gasteiger partial charge is 0.484 e. The summed E-state index contributed by atoms with van der Waals surface area (Å²) >= 11 is 5.66. The fourth-order valence-corrected chi connectivity index (χ4v) is 2.66. The first-order valence-electron chi connectivity index (χ1n) is 6.91. The van der Waals surface area contributed by atoms with Gasteiger partial charge in [-0.1, -0.05) is 30.9 Å². The van der Waals surface area contributed by atoms with Crippen molar-refractivity contribution in [1.82, 2.24) is 4.90 Å². The van der Waals surface area contributed by atoms with Gasteiger partial charge in [-0.2, -0.15) is 0 Å². The highest BCUT2D eigenvalue weighted by molar-refractivity contribution is 6.30. The van der Waals surface area contributed by atoms with Crippen molar-refractivity contribution in [3.05, 3.63) is 29.0 Å². The van der Waals surface area contributed by atoms with Gasteiger partial charge in [0.1, 0.15) is 11.6 Å². The van der Waals surface area contributed by atoms with Crippen LogP contribution in [0.1, 0.15) is 32.1 Å². The maximum absolute atomic E-state index is 13.0.